The summed E-state index contributed by atoms with van der Waals surface area (Å²) in [5, 5.41) is 0. The van der Waals surface area contributed by atoms with Crippen LogP contribution >= 0.6 is 0 Å². The third kappa shape index (κ3) is 4.68. The van der Waals surface area contributed by atoms with Crippen LogP contribution in [0.2, 0.25) is 0 Å². The summed E-state index contributed by atoms with van der Waals surface area (Å²) in [7, 11) is 0. The highest BCUT2D eigenvalue weighted by atomic mass is 16.7. The zero-order valence-corrected chi connectivity index (χ0v) is 14.8. The predicted octanol–water partition coefficient (Wildman–Crippen LogP) is 4.57. The van der Waals surface area contributed by atoms with E-state index in [2.05, 4.69) is 0 Å². The maximum atomic E-state index is 12.1. The first kappa shape index (κ1) is 17.6. The fourth-order valence-electron chi connectivity index (χ4n) is 2.91. The van der Waals surface area contributed by atoms with Gasteiger partial charge in [-0.3, -0.25) is 4.79 Å². The molecule has 132 valence electrons. The fourth-order valence-corrected chi connectivity index (χ4v) is 2.91. The molecule has 2 atom stereocenters. The van der Waals surface area contributed by atoms with E-state index in [0.717, 1.165) is 11.1 Å². The Morgan fingerprint density at radius 2 is 1.32 bits per heavy atom. The van der Waals surface area contributed by atoms with E-state index in [9.17, 15) is 4.79 Å². The summed E-state index contributed by atoms with van der Waals surface area (Å²) in [6.07, 6.45) is -1.05. The first-order chi connectivity index (χ1) is 11.9. The summed E-state index contributed by atoms with van der Waals surface area (Å²) in [4.78, 5) is 12.1. The van der Waals surface area contributed by atoms with Crippen LogP contribution in [-0.4, -0.2) is 17.9 Å². The number of hydrogen-bond donors (Lipinski definition) is 0. The summed E-state index contributed by atoms with van der Waals surface area (Å²) < 4.78 is 17.5. The van der Waals surface area contributed by atoms with Crippen molar-refractivity contribution in [3.05, 3.63) is 71.8 Å². The number of carbonyl (C=O) groups is 1. The molecule has 0 bridgehead atoms. The zero-order chi connectivity index (χ0) is 17.9. The lowest BCUT2D eigenvalue weighted by Crippen LogP contribution is -2.26. The second-order valence-corrected chi connectivity index (χ2v) is 7.15. The molecule has 4 nitrogen and oxygen atoms in total. The van der Waals surface area contributed by atoms with Crippen LogP contribution < -0.4 is 0 Å². The predicted molar refractivity (Wildman–Crippen MR) is 94.8 cm³/mol. The van der Waals surface area contributed by atoms with E-state index in [4.69, 9.17) is 14.2 Å². The fraction of sp³-hybridized carbons (Fsp3) is 0.381. The van der Waals surface area contributed by atoms with Crippen LogP contribution in [0.5, 0.6) is 0 Å². The maximum absolute atomic E-state index is 12.1. The summed E-state index contributed by atoms with van der Waals surface area (Å²) >= 11 is 0. The molecule has 0 aromatic heterocycles. The molecule has 4 heteroatoms. The van der Waals surface area contributed by atoms with E-state index in [1.165, 1.54) is 0 Å². The van der Waals surface area contributed by atoms with Gasteiger partial charge in [0.15, 0.2) is 6.29 Å². The van der Waals surface area contributed by atoms with Crippen molar-refractivity contribution in [1.82, 2.24) is 0 Å². The highest BCUT2D eigenvalue weighted by molar-refractivity contribution is 5.70. The lowest BCUT2D eigenvalue weighted by Gasteiger charge is -2.20. The van der Waals surface area contributed by atoms with E-state index < -0.39 is 11.9 Å². The summed E-state index contributed by atoms with van der Waals surface area (Å²) in [6.45, 7) is 5.54. The molecule has 3 rings (SSSR count). The summed E-state index contributed by atoms with van der Waals surface area (Å²) in [5.74, 6) is -0.321. The Bertz CT molecular complexity index is 643. The van der Waals surface area contributed by atoms with Crippen LogP contribution in [0, 0.1) is 0 Å². The van der Waals surface area contributed by atoms with Crippen LogP contribution in [0.1, 0.15) is 50.5 Å². The van der Waals surface area contributed by atoms with Crippen molar-refractivity contribution in [1.29, 1.82) is 0 Å². The van der Waals surface area contributed by atoms with Gasteiger partial charge in [0.1, 0.15) is 17.8 Å². The van der Waals surface area contributed by atoms with Gasteiger partial charge in [-0.2, -0.15) is 0 Å². The molecular weight excluding hydrogens is 316 g/mol. The van der Waals surface area contributed by atoms with E-state index in [0.29, 0.717) is 0 Å². The van der Waals surface area contributed by atoms with Gasteiger partial charge in [-0.05, 0) is 31.9 Å². The first-order valence-electron chi connectivity index (χ1n) is 8.55. The van der Waals surface area contributed by atoms with E-state index in [1.807, 2.05) is 81.4 Å². The second-order valence-electron chi connectivity index (χ2n) is 7.15. The Morgan fingerprint density at radius 3 is 1.72 bits per heavy atom. The minimum absolute atomic E-state index is 0.0734. The van der Waals surface area contributed by atoms with Gasteiger partial charge in [-0.25, -0.2) is 0 Å². The number of rotatable bonds is 4. The lowest BCUT2D eigenvalue weighted by molar-refractivity contribution is -0.164. The molecule has 0 aliphatic carbocycles. The maximum Gasteiger partial charge on any atom is 0.311 e. The standard InChI is InChI=1S/C21H24O4/c1-21(2,3)25-17(22)14-18-23-19(15-10-6-4-7-11-15)20(24-18)16-12-8-5-9-13-16/h4-13,18-20H,14H2,1-3H3/t19-,20-/m0/s1. The average molecular weight is 340 g/mol. The van der Waals surface area contributed by atoms with Crippen molar-refractivity contribution in [2.24, 2.45) is 0 Å². The SMILES string of the molecule is CC(C)(C)OC(=O)CC1O[C@@H](c2ccccc2)[C@H](c2ccccc2)O1. The molecule has 1 fully saturated rings. The average Bonchev–Trinajstić information content (AvgIpc) is 2.98. The van der Waals surface area contributed by atoms with Crippen LogP contribution in [0.3, 0.4) is 0 Å². The minimum Gasteiger partial charge on any atom is -0.460 e. The topological polar surface area (TPSA) is 44.8 Å². The molecule has 1 aliphatic rings. The molecule has 25 heavy (non-hydrogen) atoms. The molecule has 0 unspecified atom stereocenters. The molecule has 0 amide bonds. The minimum atomic E-state index is -0.620. The monoisotopic (exact) mass is 340 g/mol. The molecule has 1 aliphatic heterocycles. The highest BCUT2D eigenvalue weighted by Gasteiger charge is 2.39. The molecule has 1 saturated heterocycles. The van der Waals surface area contributed by atoms with Crippen molar-refractivity contribution in [3.63, 3.8) is 0 Å². The molecule has 1 heterocycles. The van der Waals surface area contributed by atoms with Gasteiger partial charge in [0.05, 0.1) is 6.42 Å². The lowest BCUT2D eigenvalue weighted by atomic mass is 9.99. The Hall–Kier alpha value is -2.17. The number of carbonyl (C=O) groups excluding carboxylic acids is 1. The number of hydrogen-bond acceptors (Lipinski definition) is 4. The van der Waals surface area contributed by atoms with Crippen LogP contribution in [-0.2, 0) is 19.0 Å². The third-order valence-electron chi connectivity index (χ3n) is 3.88. The molecular formula is C21H24O4. The Labute approximate surface area is 148 Å². The quantitative estimate of drug-likeness (QED) is 0.765. The Kier molecular flexibility index (Phi) is 5.21. The van der Waals surface area contributed by atoms with Crippen molar-refractivity contribution in [3.8, 4) is 0 Å². The largest absolute Gasteiger partial charge is 0.460 e. The summed E-state index contributed by atoms with van der Waals surface area (Å²) in [6, 6.07) is 19.9. The normalized spacial score (nSPS) is 21.2. The van der Waals surface area contributed by atoms with Gasteiger partial charge in [0.2, 0.25) is 0 Å². The Morgan fingerprint density at radius 1 is 0.880 bits per heavy atom. The number of ether oxygens (including phenoxy) is 3. The van der Waals surface area contributed by atoms with Crippen LogP contribution in [0.15, 0.2) is 60.7 Å². The van der Waals surface area contributed by atoms with Crippen LogP contribution in [0.4, 0.5) is 0 Å². The molecule has 2 aromatic rings. The molecule has 0 N–H and O–H groups in total. The number of esters is 1. The molecule has 0 radical (unpaired) electrons. The van der Waals surface area contributed by atoms with Gasteiger partial charge in [0.25, 0.3) is 0 Å². The van der Waals surface area contributed by atoms with Gasteiger partial charge in [0, 0.05) is 0 Å². The van der Waals surface area contributed by atoms with E-state index in [1.54, 1.807) is 0 Å². The van der Waals surface area contributed by atoms with Crippen molar-refractivity contribution in [2.45, 2.75) is 51.3 Å². The Balaban J connectivity index is 1.77. The van der Waals surface area contributed by atoms with E-state index >= 15 is 0 Å². The molecule has 0 spiro atoms. The smallest absolute Gasteiger partial charge is 0.311 e. The molecule has 2 aromatic carbocycles. The summed E-state index contributed by atoms with van der Waals surface area (Å²) in [5.41, 5.74) is 1.54. The zero-order valence-electron chi connectivity index (χ0n) is 14.8. The van der Waals surface area contributed by atoms with Gasteiger partial charge in [-0.15, -0.1) is 0 Å². The van der Waals surface area contributed by atoms with Gasteiger partial charge in [-0.1, -0.05) is 60.7 Å². The van der Waals surface area contributed by atoms with Gasteiger partial charge < -0.3 is 14.2 Å². The third-order valence-corrected chi connectivity index (χ3v) is 3.88. The van der Waals surface area contributed by atoms with Gasteiger partial charge >= 0.3 is 5.97 Å². The first-order valence-corrected chi connectivity index (χ1v) is 8.55. The number of benzene rings is 2. The second kappa shape index (κ2) is 7.38. The highest BCUT2D eigenvalue weighted by Crippen LogP contribution is 2.43. The van der Waals surface area contributed by atoms with Crippen molar-refractivity contribution in [2.75, 3.05) is 0 Å². The van der Waals surface area contributed by atoms with Crippen molar-refractivity contribution >= 4 is 5.97 Å². The van der Waals surface area contributed by atoms with Crippen molar-refractivity contribution < 1.29 is 19.0 Å². The van der Waals surface area contributed by atoms with Crippen LogP contribution in [0.25, 0.3) is 0 Å². The molecule has 0 saturated carbocycles. The van der Waals surface area contributed by atoms with E-state index in [-0.39, 0.29) is 24.6 Å².